The Labute approximate surface area is 116 Å². The fourth-order valence-electron chi connectivity index (χ4n) is 2.24. The van der Waals surface area contributed by atoms with Crippen molar-refractivity contribution in [3.63, 3.8) is 0 Å². The molecule has 0 saturated carbocycles. The maximum absolute atomic E-state index is 9.21. The van der Waals surface area contributed by atoms with E-state index < -0.39 is 0 Å². The van der Waals surface area contributed by atoms with E-state index in [-0.39, 0.29) is 0 Å². The average Bonchev–Trinajstić information content (AvgIpc) is 2.53. The van der Waals surface area contributed by atoms with Crippen LogP contribution in [0.2, 0.25) is 0 Å². The van der Waals surface area contributed by atoms with Crippen molar-refractivity contribution in [2.75, 3.05) is 11.9 Å². The smallest absolute Gasteiger partial charge is 0.163 e. The highest BCUT2D eigenvalue weighted by Gasteiger charge is 2.13. The summed E-state index contributed by atoms with van der Waals surface area (Å²) >= 11 is 0. The van der Waals surface area contributed by atoms with Gasteiger partial charge in [-0.1, -0.05) is 36.4 Å². The molecule has 0 unspecified atom stereocenters. The lowest BCUT2D eigenvalue weighted by atomic mass is 10.1. The number of anilines is 2. The monoisotopic (exact) mass is 260 g/mol. The zero-order valence-electron chi connectivity index (χ0n) is 11.0. The first kappa shape index (κ1) is 12.1. The van der Waals surface area contributed by atoms with Crippen LogP contribution in [0.25, 0.3) is 10.8 Å². The second-order valence-electron chi connectivity index (χ2n) is 4.44. The van der Waals surface area contributed by atoms with E-state index >= 15 is 0 Å². The van der Waals surface area contributed by atoms with Crippen molar-refractivity contribution in [1.82, 2.24) is 10.2 Å². The molecule has 0 radical (unpaired) electrons. The van der Waals surface area contributed by atoms with E-state index in [2.05, 4.69) is 16.3 Å². The number of aromatic nitrogens is 2. The number of hydrogen-bond donors (Lipinski definition) is 0. The highest BCUT2D eigenvalue weighted by Crippen LogP contribution is 2.29. The maximum atomic E-state index is 9.21. The van der Waals surface area contributed by atoms with Crippen molar-refractivity contribution in [3.05, 3.63) is 60.3 Å². The molecule has 4 nitrogen and oxygen atoms in total. The summed E-state index contributed by atoms with van der Waals surface area (Å²) in [5.41, 5.74) is 1.44. The standard InChI is InChI=1S/C16H12N4/c1-20(15-9-5-3-6-12(15)10-17)16-14-8-4-2-7-13(14)11-18-19-16/h2-9,11H,1H3. The van der Waals surface area contributed by atoms with E-state index in [4.69, 9.17) is 0 Å². The molecule has 0 aliphatic heterocycles. The summed E-state index contributed by atoms with van der Waals surface area (Å²) in [5, 5.41) is 19.5. The van der Waals surface area contributed by atoms with E-state index in [1.54, 1.807) is 12.3 Å². The van der Waals surface area contributed by atoms with Crippen LogP contribution in [0.4, 0.5) is 11.5 Å². The fourth-order valence-corrected chi connectivity index (χ4v) is 2.24. The van der Waals surface area contributed by atoms with Gasteiger partial charge in [0.2, 0.25) is 0 Å². The van der Waals surface area contributed by atoms with Crippen molar-refractivity contribution in [2.45, 2.75) is 0 Å². The summed E-state index contributed by atoms with van der Waals surface area (Å²) < 4.78 is 0. The predicted molar refractivity (Wildman–Crippen MR) is 78.8 cm³/mol. The highest BCUT2D eigenvalue weighted by atomic mass is 15.2. The van der Waals surface area contributed by atoms with E-state index in [0.717, 1.165) is 22.3 Å². The molecule has 0 spiro atoms. The third-order valence-corrected chi connectivity index (χ3v) is 3.25. The normalized spacial score (nSPS) is 10.2. The van der Waals surface area contributed by atoms with Crippen molar-refractivity contribution in [2.24, 2.45) is 0 Å². The number of nitriles is 1. The van der Waals surface area contributed by atoms with E-state index in [1.807, 2.05) is 54.4 Å². The summed E-state index contributed by atoms with van der Waals surface area (Å²) in [5.74, 6) is 0.741. The Morgan fingerprint density at radius 2 is 1.80 bits per heavy atom. The molecule has 3 aromatic rings. The highest BCUT2D eigenvalue weighted by molar-refractivity contribution is 5.93. The third-order valence-electron chi connectivity index (χ3n) is 3.25. The molecule has 1 aromatic heterocycles. The number of para-hydroxylation sites is 1. The van der Waals surface area contributed by atoms with Crippen molar-refractivity contribution in [3.8, 4) is 6.07 Å². The molecule has 0 aliphatic carbocycles. The number of nitrogens with zero attached hydrogens (tertiary/aromatic N) is 4. The van der Waals surface area contributed by atoms with Gasteiger partial charge in [-0.3, -0.25) is 0 Å². The van der Waals surface area contributed by atoms with Gasteiger partial charge < -0.3 is 4.90 Å². The van der Waals surface area contributed by atoms with Crippen molar-refractivity contribution >= 4 is 22.3 Å². The van der Waals surface area contributed by atoms with E-state index in [9.17, 15) is 5.26 Å². The second-order valence-corrected chi connectivity index (χ2v) is 4.44. The number of benzene rings is 2. The zero-order chi connectivity index (χ0) is 13.9. The summed E-state index contributed by atoms with van der Waals surface area (Å²) in [6, 6.07) is 17.6. The molecule has 0 amide bonds. The third kappa shape index (κ3) is 1.95. The van der Waals surface area contributed by atoms with Gasteiger partial charge in [0.05, 0.1) is 17.4 Å². The molecule has 1 heterocycles. The minimum Gasteiger partial charge on any atom is -0.326 e. The van der Waals surface area contributed by atoms with E-state index in [0.29, 0.717) is 5.56 Å². The Kier molecular flexibility index (Phi) is 3.02. The van der Waals surface area contributed by atoms with Crippen LogP contribution in [-0.4, -0.2) is 17.2 Å². The van der Waals surface area contributed by atoms with Crippen LogP contribution in [0.15, 0.2) is 54.7 Å². The van der Waals surface area contributed by atoms with Crippen LogP contribution in [0, 0.1) is 11.3 Å². The van der Waals surface area contributed by atoms with Gasteiger partial charge in [0, 0.05) is 17.8 Å². The molecule has 20 heavy (non-hydrogen) atoms. The molecule has 0 saturated heterocycles. The van der Waals surface area contributed by atoms with Gasteiger partial charge in [-0.15, -0.1) is 5.10 Å². The van der Waals surface area contributed by atoms with Gasteiger partial charge in [-0.2, -0.15) is 10.4 Å². The topological polar surface area (TPSA) is 52.8 Å². The van der Waals surface area contributed by atoms with Gasteiger partial charge in [-0.25, -0.2) is 0 Å². The van der Waals surface area contributed by atoms with E-state index in [1.165, 1.54) is 0 Å². The van der Waals surface area contributed by atoms with Crippen molar-refractivity contribution in [1.29, 1.82) is 5.26 Å². The van der Waals surface area contributed by atoms with Gasteiger partial charge >= 0.3 is 0 Å². The molecule has 0 atom stereocenters. The molecule has 2 aromatic carbocycles. The Morgan fingerprint density at radius 1 is 1.05 bits per heavy atom. The average molecular weight is 260 g/mol. The number of fused-ring (bicyclic) bond motifs is 1. The van der Waals surface area contributed by atoms with Crippen LogP contribution >= 0.6 is 0 Å². The lowest BCUT2D eigenvalue weighted by molar-refractivity contribution is 1.00. The molecule has 0 fully saturated rings. The predicted octanol–water partition coefficient (Wildman–Crippen LogP) is 3.27. The molecule has 3 rings (SSSR count). The van der Waals surface area contributed by atoms with Crippen LogP contribution < -0.4 is 4.90 Å². The van der Waals surface area contributed by atoms with Crippen LogP contribution in [0.3, 0.4) is 0 Å². The lowest BCUT2D eigenvalue weighted by Gasteiger charge is -2.20. The molecule has 4 heteroatoms. The fraction of sp³-hybridized carbons (Fsp3) is 0.0625. The molecule has 0 aliphatic rings. The van der Waals surface area contributed by atoms with Crippen LogP contribution in [0.1, 0.15) is 5.56 Å². The minimum atomic E-state index is 0.615. The quantitative estimate of drug-likeness (QED) is 0.709. The summed E-state index contributed by atoms with van der Waals surface area (Å²) in [7, 11) is 1.90. The first-order chi connectivity index (χ1) is 9.81. The first-order valence-electron chi connectivity index (χ1n) is 6.24. The Morgan fingerprint density at radius 3 is 2.65 bits per heavy atom. The largest absolute Gasteiger partial charge is 0.326 e. The second kappa shape index (κ2) is 4.98. The summed E-state index contributed by atoms with van der Waals surface area (Å²) in [6.07, 6.45) is 1.74. The number of hydrogen-bond acceptors (Lipinski definition) is 4. The Bertz CT molecular complexity index is 799. The SMILES string of the molecule is CN(c1ccccc1C#N)c1nncc2ccccc12. The molecule has 96 valence electrons. The minimum absolute atomic E-state index is 0.615. The molecular formula is C16H12N4. The Hall–Kier alpha value is -2.93. The van der Waals surface area contributed by atoms with Crippen LogP contribution in [-0.2, 0) is 0 Å². The summed E-state index contributed by atoms with van der Waals surface area (Å²) in [4.78, 5) is 1.90. The number of rotatable bonds is 2. The van der Waals surface area contributed by atoms with Crippen molar-refractivity contribution < 1.29 is 0 Å². The van der Waals surface area contributed by atoms with Gasteiger partial charge in [0.1, 0.15) is 6.07 Å². The summed E-state index contributed by atoms with van der Waals surface area (Å²) in [6.45, 7) is 0. The zero-order valence-corrected chi connectivity index (χ0v) is 11.0. The first-order valence-corrected chi connectivity index (χ1v) is 6.24. The molecule has 0 bridgehead atoms. The van der Waals surface area contributed by atoms with Crippen LogP contribution in [0.5, 0.6) is 0 Å². The molecule has 0 N–H and O–H groups in total. The van der Waals surface area contributed by atoms with Gasteiger partial charge in [0.25, 0.3) is 0 Å². The Balaban J connectivity index is 2.18. The lowest BCUT2D eigenvalue weighted by Crippen LogP contribution is -2.13. The van der Waals surface area contributed by atoms with Gasteiger partial charge in [-0.05, 0) is 12.1 Å². The molecular weight excluding hydrogens is 248 g/mol. The maximum Gasteiger partial charge on any atom is 0.163 e. The van der Waals surface area contributed by atoms with Gasteiger partial charge in [0.15, 0.2) is 5.82 Å².